The van der Waals surface area contributed by atoms with Crippen molar-refractivity contribution in [2.75, 3.05) is 10.6 Å². The van der Waals surface area contributed by atoms with Crippen LogP contribution < -0.4 is 10.6 Å². The van der Waals surface area contributed by atoms with Crippen molar-refractivity contribution in [1.82, 2.24) is 9.78 Å². The molecule has 0 atom stereocenters. The summed E-state index contributed by atoms with van der Waals surface area (Å²) in [6.45, 7) is 0.335. The van der Waals surface area contributed by atoms with Crippen LogP contribution in [0.5, 0.6) is 0 Å². The van der Waals surface area contributed by atoms with E-state index in [4.69, 9.17) is 35.4 Å². The minimum Gasteiger partial charge on any atom is -0.332 e. The predicted molar refractivity (Wildman–Crippen MR) is 104 cm³/mol. The summed E-state index contributed by atoms with van der Waals surface area (Å²) in [7, 11) is 0. The van der Waals surface area contributed by atoms with Crippen molar-refractivity contribution in [3.63, 3.8) is 0 Å². The minimum atomic E-state index is -0.260. The lowest BCUT2D eigenvalue weighted by Crippen LogP contribution is -2.19. The molecule has 0 saturated heterocycles. The lowest BCUT2D eigenvalue weighted by atomic mass is 10.2. The van der Waals surface area contributed by atoms with Crippen LogP contribution in [0.15, 0.2) is 54.7 Å². The fourth-order valence-electron chi connectivity index (χ4n) is 2.17. The molecule has 0 radical (unpaired) electrons. The maximum atomic E-state index is 13.7. The largest absolute Gasteiger partial charge is 0.332 e. The van der Waals surface area contributed by atoms with E-state index >= 15 is 0 Å². The lowest BCUT2D eigenvalue weighted by molar-refractivity contribution is 0.586. The van der Waals surface area contributed by atoms with E-state index in [1.54, 1.807) is 53.3 Å². The van der Waals surface area contributed by atoms with Gasteiger partial charge < -0.3 is 10.6 Å². The Morgan fingerprint density at radius 3 is 2.64 bits per heavy atom. The molecule has 3 rings (SSSR count). The summed E-state index contributed by atoms with van der Waals surface area (Å²) in [5, 5.41) is 11.5. The Morgan fingerprint density at radius 2 is 1.88 bits per heavy atom. The highest BCUT2D eigenvalue weighted by atomic mass is 35.5. The van der Waals surface area contributed by atoms with Crippen LogP contribution in [0.25, 0.3) is 0 Å². The molecule has 3 aromatic rings. The first-order valence-electron chi connectivity index (χ1n) is 7.31. The molecule has 1 heterocycles. The molecule has 2 N–H and O–H groups in total. The fraction of sp³-hybridized carbons (Fsp3) is 0.0588. The molecule has 0 bridgehead atoms. The summed E-state index contributed by atoms with van der Waals surface area (Å²) in [4.78, 5) is 0. The zero-order valence-corrected chi connectivity index (χ0v) is 15.2. The highest BCUT2D eigenvalue weighted by Gasteiger charge is 2.06. The summed E-state index contributed by atoms with van der Waals surface area (Å²) >= 11 is 17.1. The monoisotopic (exact) mass is 394 g/mol. The van der Waals surface area contributed by atoms with Gasteiger partial charge in [0.05, 0.1) is 16.6 Å². The van der Waals surface area contributed by atoms with E-state index in [0.717, 1.165) is 0 Å². The number of aromatic nitrogens is 2. The van der Waals surface area contributed by atoms with Crippen LogP contribution in [-0.2, 0) is 6.54 Å². The molecule has 4 nitrogen and oxygen atoms in total. The molecule has 0 aliphatic carbocycles. The van der Waals surface area contributed by atoms with Gasteiger partial charge in [0.25, 0.3) is 0 Å². The number of anilines is 2. The van der Waals surface area contributed by atoms with Crippen molar-refractivity contribution in [3.05, 3.63) is 76.2 Å². The Balaban J connectivity index is 1.61. The van der Waals surface area contributed by atoms with Crippen LogP contribution in [0.1, 0.15) is 5.56 Å². The van der Waals surface area contributed by atoms with Gasteiger partial charge >= 0.3 is 0 Å². The van der Waals surface area contributed by atoms with Gasteiger partial charge in [0.1, 0.15) is 5.82 Å². The average Bonchev–Trinajstić information content (AvgIpc) is 3.00. The van der Waals surface area contributed by atoms with Crippen molar-refractivity contribution in [1.29, 1.82) is 0 Å². The van der Waals surface area contributed by atoms with Crippen molar-refractivity contribution in [2.24, 2.45) is 0 Å². The lowest BCUT2D eigenvalue weighted by Gasteiger charge is -2.09. The number of rotatable bonds is 4. The number of thiocarbonyl (C=S) groups is 1. The average molecular weight is 395 g/mol. The van der Waals surface area contributed by atoms with E-state index in [0.29, 0.717) is 38.8 Å². The van der Waals surface area contributed by atoms with Crippen molar-refractivity contribution in [2.45, 2.75) is 6.54 Å². The van der Waals surface area contributed by atoms with E-state index in [2.05, 4.69) is 15.7 Å². The Labute approximate surface area is 159 Å². The summed E-state index contributed by atoms with van der Waals surface area (Å²) in [5.74, 6) is 0.290. The van der Waals surface area contributed by atoms with E-state index in [1.807, 2.05) is 0 Å². The SMILES string of the molecule is Fc1ccccc1Cn1ccc(NC(=S)Nc2ccc(Cl)c(Cl)c2)n1. The maximum Gasteiger partial charge on any atom is 0.176 e. The van der Waals surface area contributed by atoms with Gasteiger partial charge in [0.2, 0.25) is 0 Å². The molecule has 128 valence electrons. The zero-order valence-electron chi connectivity index (χ0n) is 12.8. The molecule has 0 saturated carbocycles. The first-order chi connectivity index (χ1) is 12.0. The van der Waals surface area contributed by atoms with Crippen molar-refractivity contribution in [3.8, 4) is 0 Å². The van der Waals surface area contributed by atoms with E-state index in [9.17, 15) is 4.39 Å². The number of hydrogen-bond acceptors (Lipinski definition) is 2. The Kier molecular flexibility index (Phi) is 5.53. The molecule has 0 spiro atoms. The minimum absolute atomic E-state index is 0.260. The fourth-order valence-corrected chi connectivity index (χ4v) is 2.69. The Bertz CT molecular complexity index is 913. The second-order valence-electron chi connectivity index (χ2n) is 5.20. The number of nitrogens with zero attached hydrogens (tertiary/aromatic N) is 2. The molecule has 1 aromatic heterocycles. The van der Waals surface area contributed by atoms with Gasteiger partial charge in [-0.1, -0.05) is 41.4 Å². The molecule has 0 amide bonds. The third-order valence-corrected chi connectivity index (χ3v) is 4.29. The number of halogens is 3. The van der Waals surface area contributed by atoms with E-state index < -0.39 is 0 Å². The molecule has 2 aromatic carbocycles. The van der Waals surface area contributed by atoms with Crippen molar-refractivity contribution < 1.29 is 4.39 Å². The van der Waals surface area contributed by atoms with Crippen LogP contribution in [-0.4, -0.2) is 14.9 Å². The number of nitrogens with one attached hydrogen (secondary N) is 2. The molecule has 0 fully saturated rings. The Hall–Kier alpha value is -2.15. The van der Waals surface area contributed by atoms with Crippen LogP contribution in [0.2, 0.25) is 10.0 Å². The zero-order chi connectivity index (χ0) is 17.8. The third kappa shape index (κ3) is 4.69. The first kappa shape index (κ1) is 17.7. The van der Waals surface area contributed by atoms with E-state index in [-0.39, 0.29) is 5.82 Å². The number of benzene rings is 2. The molecular formula is C17H13Cl2FN4S. The second-order valence-corrected chi connectivity index (χ2v) is 6.42. The topological polar surface area (TPSA) is 41.9 Å². The molecular weight excluding hydrogens is 382 g/mol. The smallest absolute Gasteiger partial charge is 0.176 e. The standard InChI is InChI=1S/C17H13Cl2FN4S/c18-13-6-5-12(9-14(13)19)21-17(25)22-16-7-8-24(23-16)10-11-3-1-2-4-15(11)20/h1-9H,10H2,(H2,21,22,23,25). The molecule has 0 aliphatic heterocycles. The van der Waals surface area contributed by atoms with Gasteiger partial charge in [-0.3, -0.25) is 4.68 Å². The molecule has 25 heavy (non-hydrogen) atoms. The van der Waals surface area contributed by atoms with Gasteiger partial charge in [-0.25, -0.2) is 4.39 Å². The summed E-state index contributed by atoms with van der Waals surface area (Å²) < 4.78 is 15.3. The van der Waals surface area contributed by atoms with Crippen molar-refractivity contribution >= 4 is 52.0 Å². The number of hydrogen-bond donors (Lipinski definition) is 2. The van der Waals surface area contributed by atoms with Gasteiger partial charge in [-0.15, -0.1) is 0 Å². The molecule has 0 aliphatic rings. The normalized spacial score (nSPS) is 10.5. The van der Waals surface area contributed by atoms with Crippen LogP contribution >= 0.6 is 35.4 Å². The quantitative estimate of drug-likeness (QED) is 0.597. The van der Waals surface area contributed by atoms with Gasteiger partial charge in [0, 0.05) is 23.5 Å². The maximum absolute atomic E-state index is 13.7. The van der Waals surface area contributed by atoms with Gasteiger partial charge in [-0.05, 0) is 36.5 Å². The summed E-state index contributed by atoms with van der Waals surface area (Å²) in [6.07, 6.45) is 1.75. The summed E-state index contributed by atoms with van der Waals surface area (Å²) in [6, 6.07) is 13.5. The predicted octanol–water partition coefficient (Wildman–Crippen LogP) is 5.19. The van der Waals surface area contributed by atoms with Gasteiger partial charge in [0.15, 0.2) is 10.9 Å². The first-order valence-corrected chi connectivity index (χ1v) is 8.47. The summed E-state index contributed by atoms with van der Waals surface area (Å²) in [5.41, 5.74) is 1.27. The third-order valence-electron chi connectivity index (χ3n) is 3.35. The highest BCUT2D eigenvalue weighted by Crippen LogP contribution is 2.25. The molecule has 0 unspecified atom stereocenters. The molecule has 8 heteroatoms. The second kappa shape index (κ2) is 7.82. The van der Waals surface area contributed by atoms with Crippen LogP contribution in [0, 0.1) is 5.82 Å². The van der Waals surface area contributed by atoms with E-state index in [1.165, 1.54) is 6.07 Å². The Morgan fingerprint density at radius 1 is 1.08 bits per heavy atom. The highest BCUT2D eigenvalue weighted by molar-refractivity contribution is 7.80. The van der Waals surface area contributed by atoms with Gasteiger partial charge in [-0.2, -0.15) is 5.10 Å². The van der Waals surface area contributed by atoms with Crippen LogP contribution in [0.3, 0.4) is 0 Å². The van der Waals surface area contributed by atoms with Crippen LogP contribution in [0.4, 0.5) is 15.9 Å².